The molecule has 2 aliphatic rings. The Labute approximate surface area is 192 Å². The maximum Gasteiger partial charge on any atom is 0.251 e. The Balaban J connectivity index is 1.26. The van der Waals surface area contributed by atoms with Gasteiger partial charge in [0.15, 0.2) is 0 Å². The van der Waals surface area contributed by atoms with Crippen molar-refractivity contribution in [3.63, 3.8) is 0 Å². The molecule has 32 heavy (non-hydrogen) atoms. The second kappa shape index (κ2) is 10.3. The van der Waals surface area contributed by atoms with Gasteiger partial charge in [0.2, 0.25) is 0 Å². The summed E-state index contributed by atoms with van der Waals surface area (Å²) in [4.78, 5) is 24.5. The number of nitrogens with zero attached hydrogens (tertiary/aromatic N) is 4. The Morgan fingerprint density at radius 2 is 1.66 bits per heavy atom. The van der Waals surface area contributed by atoms with E-state index in [4.69, 9.17) is 0 Å². The van der Waals surface area contributed by atoms with Crippen LogP contribution < -0.4 is 15.1 Å². The average Bonchev–Trinajstić information content (AvgIpc) is 2.83. The smallest absolute Gasteiger partial charge is 0.251 e. The van der Waals surface area contributed by atoms with E-state index < -0.39 is 0 Å². The molecule has 1 aromatic heterocycles. The van der Waals surface area contributed by atoms with Gasteiger partial charge in [-0.25, -0.2) is 4.98 Å². The third-order valence-corrected chi connectivity index (χ3v) is 6.91. The van der Waals surface area contributed by atoms with Crippen LogP contribution >= 0.6 is 0 Å². The maximum absolute atomic E-state index is 12.6. The zero-order chi connectivity index (χ0) is 22.5. The predicted octanol–water partition coefficient (Wildman–Crippen LogP) is 3.78. The van der Waals surface area contributed by atoms with Crippen molar-refractivity contribution in [2.75, 3.05) is 49.1 Å². The zero-order valence-electron chi connectivity index (χ0n) is 19.8. The van der Waals surface area contributed by atoms with Gasteiger partial charge >= 0.3 is 0 Å². The highest BCUT2D eigenvalue weighted by Crippen LogP contribution is 2.21. The van der Waals surface area contributed by atoms with Gasteiger partial charge in [0.05, 0.1) is 0 Å². The van der Waals surface area contributed by atoms with Crippen LogP contribution in [0.25, 0.3) is 0 Å². The summed E-state index contributed by atoms with van der Waals surface area (Å²) in [6.07, 6.45) is 4.34. The molecule has 172 valence electrons. The molecule has 6 heteroatoms. The molecule has 1 amide bonds. The van der Waals surface area contributed by atoms with Gasteiger partial charge in [-0.2, -0.15) is 0 Å². The number of hydrogen-bond acceptors (Lipinski definition) is 5. The fourth-order valence-corrected chi connectivity index (χ4v) is 4.55. The highest BCUT2D eigenvalue weighted by Gasteiger charge is 2.19. The fraction of sp³-hybridized carbons (Fsp3) is 0.538. The lowest BCUT2D eigenvalue weighted by atomic mass is 9.99. The summed E-state index contributed by atoms with van der Waals surface area (Å²) < 4.78 is 0. The minimum atomic E-state index is -0.0460. The molecule has 0 unspecified atom stereocenters. The third-order valence-electron chi connectivity index (χ3n) is 6.91. The number of anilines is 2. The summed E-state index contributed by atoms with van der Waals surface area (Å²) in [7, 11) is 0. The molecule has 2 fully saturated rings. The van der Waals surface area contributed by atoms with Crippen molar-refractivity contribution in [3.8, 4) is 0 Å². The molecule has 4 rings (SSSR count). The molecule has 2 saturated heterocycles. The van der Waals surface area contributed by atoms with Crippen molar-refractivity contribution < 1.29 is 4.79 Å². The molecule has 0 atom stereocenters. The molecular formula is C26H37N5O. The summed E-state index contributed by atoms with van der Waals surface area (Å²) in [6.45, 7) is 13.7. The molecule has 0 spiro atoms. The zero-order valence-corrected chi connectivity index (χ0v) is 19.8. The number of piperidine rings is 1. The first-order valence-corrected chi connectivity index (χ1v) is 12.1. The lowest BCUT2D eigenvalue weighted by Gasteiger charge is -2.38. The molecule has 0 aliphatic carbocycles. The van der Waals surface area contributed by atoms with Crippen molar-refractivity contribution in [2.24, 2.45) is 5.92 Å². The number of aromatic nitrogens is 1. The van der Waals surface area contributed by atoms with E-state index in [1.54, 1.807) is 0 Å². The van der Waals surface area contributed by atoms with Gasteiger partial charge in [0.25, 0.3) is 5.91 Å². The Hall–Kier alpha value is -2.60. The molecule has 0 radical (unpaired) electrons. The number of amides is 1. The van der Waals surface area contributed by atoms with Crippen LogP contribution in [0.4, 0.5) is 11.5 Å². The summed E-state index contributed by atoms with van der Waals surface area (Å²) in [5.74, 6) is 1.80. The topological polar surface area (TPSA) is 51.7 Å². The highest BCUT2D eigenvalue weighted by atomic mass is 16.1. The average molecular weight is 436 g/mol. The van der Waals surface area contributed by atoms with Crippen LogP contribution in [-0.2, 0) is 6.54 Å². The Morgan fingerprint density at radius 3 is 2.25 bits per heavy atom. The lowest BCUT2D eigenvalue weighted by Crippen LogP contribution is -2.48. The standard InChI is InChI=1S/C26H37N5O/c1-20(2)29-14-16-30(17-15-29)24-7-5-23(6-8-24)26(32)28-19-22-4-9-25(27-18-22)31-12-10-21(3)11-13-31/h4-9,18,20-21H,10-17,19H2,1-3H3,(H,28,32). The Bertz CT molecular complexity index is 864. The van der Waals surface area contributed by atoms with Crippen LogP contribution in [0.1, 0.15) is 49.5 Å². The molecule has 0 bridgehead atoms. The molecule has 6 nitrogen and oxygen atoms in total. The van der Waals surface area contributed by atoms with E-state index in [2.05, 4.69) is 70.0 Å². The van der Waals surface area contributed by atoms with E-state index >= 15 is 0 Å². The second-order valence-electron chi connectivity index (χ2n) is 9.54. The van der Waals surface area contributed by atoms with Crippen molar-refractivity contribution in [3.05, 3.63) is 53.7 Å². The predicted molar refractivity (Wildman–Crippen MR) is 131 cm³/mol. The molecule has 2 aromatic rings. The van der Waals surface area contributed by atoms with E-state index in [1.165, 1.54) is 18.5 Å². The first-order chi connectivity index (χ1) is 15.5. The minimum absolute atomic E-state index is 0.0460. The normalized spacial score (nSPS) is 18.2. The van der Waals surface area contributed by atoms with Crippen molar-refractivity contribution >= 4 is 17.4 Å². The van der Waals surface area contributed by atoms with Crippen LogP contribution in [0.15, 0.2) is 42.6 Å². The van der Waals surface area contributed by atoms with E-state index in [1.807, 2.05) is 18.3 Å². The SMILES string of the molecule is CC1CCN(c2ccc(CNC(=O)c3ccc(N4CCN(C(C)C)CC4)cc3)cn2)CC1. The van der Waals surface area contributed by atoms with Crippen LogP contribution in [0.3, 0.4) is 0 Å². The molecule has 0 saturated carbocycles. The van der Waals surface area contributed by atoms with Crippen LogP contribution in [0, 0.1) is 5.92 Å². The van der Waals surface area contributed by atoms with Crippen LogP contribution in [0.2, 0.25) is 0 Å². The first-order valence-electron chi connectivity index (χ1n) is 12.1. The Kier molecular flexibility index (Phi) is 7.30. The van der Waals surface area contributed by atoms with Crippen molar-refractivity contribution in [1.82, 2.24) is 15.2 Å². The third kappa shape index (κ3) is 5.60. The summed E-state index contributed by atoms with van der Waals surface area (Å²) in [5.41, 5.74) is 2.91. The Morgan fingerprint density at radius 1 is 0.969 bits per heavy atom. The lowest BCUT2D eigenvalue weighted by molar-refractivity contribution is 0.0951. The van der Waals surface area contributed by atoms with Crippen molar-refractivity contribution in [1.29, 1.82) is 0 Å². The number of nitrogens with one attached hydrogen (secondary N) is 1. The number of carbonyl (C=O) groups excluding carboxylic acids is 1. The van der Waals surface area contributed by atoms with E-state index in [9.17, 15) is 4.79 Å². The fourth-order valence-electron chi connectivity index (χ4n) is 4.55. The van der Waals surface area contributed by atoms with Gasteiger partial charge < -0.3 is 15.1 Å². The molecule has 3 heterocycles. The highest BCUT2D eigenvalue weighted by molar-refractivity contribution is 5.94. The van der Waals surface area contributed by atoms with Gasteiger partial charge in [0, 0.05) is 69.3 Å². The van der Waals surface area contributed by atoms with Gasteiger partial charge in [0.1, 0.15) is 5.82 Å². The van der Waals surface area contributed by atoms with E-state index in [0.29, 0.717) is 18.2 Å². The number of benzene rings is 1. The van der Waals surface area contributed by atoms with Crippen LogP contribution in [-0.4, -0.2) is 61.1 Å². The largest absolute Gasteiger partial charge is 0.369 e. The van der Waals surface area contributed by atoms with E-state index in [-0.39, 0.29) is 5.91 Å². The molecule has 2 aliphatic heterocycles. The van der Waals surface area contributed by atoms with E-state index in [0.717, 1.165) is 56.6 Å². The number of pyridine rings is 1. The molecule has 1 aromatic carbocycles. The van der Waals surface area contributed by atoms with Gasteiger partial charge in [-0.05, 0) is 68.5 Å². The maximum atomic E-state index is 12.6. The molecular weight excluding hydrogens is 398 g/mol. The number of hydrogen-bond donors (Lipinski definition) is 1. The monoisotopic (exact) mass is 435 g/mol. The number of rotatable bonds is 6. The summed E-state index contributed by atoms with van der Waals surface area (Å²) in [6, 6.07) is 12.7. The first kappa shape index (κ1) is 22.6. The molecule has 1 N–H and O–H groups in total. The summed E-state index contributed by atoms with van der Waals surface area (Å²) in [5, 5.41) is 3.02. The van der Waals surface area contributed by atoms with Gasteiger partial charge in [-0.15, -0.1) is 0 Å². The minimum Gasteiger partial charge on any atom is -0.369 e. The van der Waals surface area contributed by atoms with Gasteiger partial charge in [-0.1, -0.05) is 13.0 Å². The van der Waals surface area contributed by atoms with Crippen LogP contribution in [0.5, 0.6) is 0 Å². The summed E-state index contributed by atoms with van der Waals surface area (Å²) >= 11 is 0. The quantitative estimate of drug-likeness (QED) is 0.748. The second-order valence-corrected chi connectivity index (χ2v) is 9.54. The van der Waals surface area contributed by atoms with Crippen molar-refractivity contribution in [2.45, 2.75) is 46.2 Å². The van der Waals surface area contributed by atoms with Gasteiger partial charge in [-0.3, -0.25) is 9.69 Å². The number of carbonyl (C=O) groups is 1. The number of piperazine rings is 1.